The van der Waals surface area contributed by atoms with Crippen molar-refractivity contribution in [2.45, 2.75) is 57.5 Å². The molecule has 3 heteroatoms. The van der Waals surface area contributed by atoms with Gasteiger partial charge in [0.2, 0.25) is 0 Å². The van der Waals surface area contributed by atoms with Crippen molar-refractivity contribution >= 4 is 5.97 Å². The number of hydrogen-bond donors (Lipinski definition) is 1. The van der Waals surface area contributed by atoms with Crippen molar-refractivity contribution in [3.8, 4) is 0 Å². The number of aliphatic carboxylic acids is 1. The van der Waals surface area contributed by atoms with Gasteiger partial charge < -0.3 is 5.11 Å². The lowest BCUT2D eigenvalue weighted by atomic mass is 10.0. The Morgan fingerprint density at radius 2 is 2.07 bits per heavy atom. The van der Waals surface area contributed by atoms with Gasteiger partial charge in [0.05, 0.1) is 6.42 Å². The van der Waals surface area contributed by atoms with Crippen molar-refractivity contribution in [3.63, 3.8) is 0 Å². The van der Waals surface area contributed by atoms with Crippen LogP contribution in [0.5, 0.6) is 0 Å². The second kappa shape index (κ2) is 4.52. The number of carboxylic acid groups (broad SMARTS) is 1. The Bertz CT molecular complexity index is 238. The molecule has 0 radical (unpaired) electrons. The molecule has 0 bridgehead atoms. The summed E-state index contributed by atoms with van der Waals surface area (Å²) in [5.74, 6) is 0.102. The molecule has 2 unspecified atom stereocenters. The highest BCUT2D eigenvalue weighted by Crippen LogP contribution is 2.37. The minimum atomic E-state index is -0.661. The lowest BCUT2D eigenvalue weighted by Crippen LogP contribution is -2.40. The first kappa shape index (κ1) is 10.9. The maximum absolute atomic E-state index is 10.6. The van der Waals surface area contributed by atoms with Crippen molar-refractivity contribution in [2.24, 2.45) is 5.92 Å². The summed E-state index contributed by atoms with van der Waals surface area (Å²) >= 11 is 0. The molecule has 2 atom stereocenters. The number of rotatable bonds is 5. The van der Waals surface area contributed by atoms with E-state index in [-0.39, 0.29) is 0 Å². The van der Waals surface area contributed by atoms with Gasteiger partial charge >= 0.3 is 5.97 Å². The average molecular weight is 211 g/mol. The molecule has 2 aliphatic rings. The molecule has 2 saturated carbocycles. The van der Waals surface area contributed by atoms with Crippen LogP contribution in [0.3, 0.4) is 0 Å². The van der Waals surface area contributed by atoms with Gasteiger partial charge in [-0.25, -0.2) is 0 Å². The normalized spacial score (nSPS) is 31.1. The van der Waals surface area contributed by atoms with Crippen LogP contribution in [-0.2, 0) is 4.79 Å². The minimum absolute atomic E-state index is 0.305. The summed E-state index contributed by atoms with van der Waals surface area (Å²) in [6.07, 6.45) is 6.78. The van der Waals surface area contributed by atoms with Crippen LogP contribution >= 0.6 is 0 Å². The van der Waals surface area contributed by atoms with E-state index in [0.717, 1.165) is 12.5 Å². The molecule has 2 fully saturated rings. The Morgan fingerprint density at radius 3 is 2.53 bits per heavy atom. The summed E-state index contributed by atoms with van der Waals surface area (Å²) in [6, 6.07) is 1.37. The molecule has 2 aliphatic carbocycles. The zero-order chi connectivity index (χ0) is 10.8. The van der Waals surface area contributed by atoms with Crippen LogP contribution in [0.4, 0.5) is 0 Å². The SMILES string of the molecule is CC1CCCC1N(CCC(=O)O)C1CC1. The molecule has 0 saturated heterocycles. The molecular weight excluding hydrogens is 190 g/mol. The summed E-state index contributed by atoms with van der Waals surface area (Å²) in [5.41, 5.74) is 0. The van der Waals surface area contributed by atoms with Crippen molar-refractivity contribution in [2.75, 3.05) is 6.54 Å². The lowest BCUT2D eigenvalue weighted by molar-refractivity contribution is -0.137. The zero-order valence-corrected chi connectivity index (χ0v) is 9.48. The van der Waals surface area contributed by atoms with E-state index in [9.17, 15) is 4.79 Å². The van der Waals surface area contributed by atoms with Crippen molar-refractivity contribution in [1.82, 2.24) is 4.90 Å². The fraction of sp³-hybridized carbons (Fsp3) is 0.917. The van der Waals surface area contributed by atoms with Crippen LogP contribution < -0.4 is 0 Å². The van der Waals surface area contributed by atoms with Crippen LogP contribution in [0.2, 0.25) is 0 Å². The zero-order valence-electron chi connectivity index (χ0n) is 9.48. The second-order valence-electron chi connectivity index (χ2n) is 5.09. The van der Waals surface area contributed by atoms with Gasteiger partial charge in [-0.3, -0.25) is 9.69 Å². The highest BCUT2D eigenvalue weighted by atomic mass is 16.4. The van der Waals surface area contributed by atoms with Gasteiger partial charge in [0.15, 0.2) is 0 Å². The Hall–Kier alpha value is -0.570. The largest absolute Gasteiger partial charge is 0.481 e. The summed E-state index contributed by atoms with van der Waals surface area (Å²) in [5, 5.41) is 8.75. The smallest absolute Gasteiger partial charge is 0.304 e. The molecule has 3 nitrogen and oxygen atoms in total. The maximum atomic E-state index is 10.6. The molecule has 0 aromatic carbocycles. The van der Waals surface area contributed by atoms with Crippen LogP contribution in [-0.4, -0.2) is 34.6 Å². The summed E-state index contributed by atoms with van der Waals surface area (Å²) < 4.78 is 0. The van der Waals surface area contributed by atoms with E-state index in [1.807, 2.05) is 0 Å². The van der Waals surface area contributed by atoms with Crippen molar-refractivity contribution < 1.29 is 9.90 Å². The number of carboxylic acids is 1. The molecular formula is C12H21NO2. The third kappa shape index (κ3) is 2.71. The molecule has 15 heavy (non-hydrogen) atoms. The molecule has 2 rings (SSSR count). The van der Waals surface area contributed by atoms with Crippen molar-refractivity contribution in [1.29, 1.82) is 0 Å². The van der Waals surface area contributed by atoms with E-state index in [2.05, 4.69) is 11.8 Å². The molecule has 0 aliphatic heterocycles. The summed E-state index contributed by atoms with van der Waals surface area (Å²) in [7, 11) is 0. The highest BCUT2D eigenvalue weighted by Gasteiger charge is 2.37. The monoisotopic (exact) mass is 211 g/mol. The van der Waals surface area contributed by atoms with Gasteiger partial charge in [-0.2, -0.15) is 0 Å². The third-order valence-electron chi connectivity index (χ3n) is 3.84. The van der Waals surface area contributed by atoms with E-state index in [0.29, 0.717) is 18.5 Å². The van der Waals surface area contributed by atoms with E-state index < -0.39 is 5.97 Å². The fourth-order valence-electron chi connectivity index (χ4n) is 2.87. The fourth-order valence-corrected chi connectivity index (χ4v) is 2.87. The summed E-state index contributed by atoms with van der Waals surface area (Å²) in [4.78, 5) is 13.1. The molecule has 1 N–H and O–H groups in total. The van der Waals surface area contributed by atoms with Gasteiger partial charge in [0.1, 0.15) is 0 Å². The van der Waals surface area contributed by atoms with E-state index in [4.69, 9.17) is 5.11 Å². The molecule has 0 aromatic heterocycles. The first-order valence-corrected chi connectivity index (χ1v) is 6.16. The Labute approximate surface area is 91.5 Å². The Balaban J connectivity index is 1.90. The topological polar surface area (TPSA) is 40.5 Å². The molecule has 86 valence electrons. The van der Waals surface area contributed by atoms with E-state index in [1.54, 1.807) is 0 Å². The van der Waals surface area contributed by atoms with Gasteiger partial charge in [-0.15, -0.1) is 0 Å². The van der Waals surface area contributed by atoms with Crippen LogP contribution in [0.1, 0.15) is 45.4 Å². The van der Waals surface area contributed by atoms with Gasteiger partial charge in [-0.05, 0) is 31.6 Å². The molecule has 0 spiro atoms. The van der Waals surface area contributed by atoms with E-state index >= 15 is 0 Å². The van der Waals surface area contributed by atoms with Crippen LogP contribution in [0.25, 0.3) is 0 Å². The Morgan fingerprint density at radius 1 is 1.33 bits per heavy atom. The first-order chi connectivity index (χ1) is 7.18. The summed E-state index contributed by atoms with van der Waals surface area (Å²) in [6.45, 7) is 3.07. The van der Waals surface area contributed by atoms with Crippen LogP contribution in [0, 0.1) is 5.92 Å². The minimum Gasteiger partial charge on any atom is -0.481 e. The number of carbonyl (C=O) groups is 1. The van der Waals surface area contributed by atoms with Gasteiger partial charge in [0, 0.05) is 18.6 Å². The predicted octanol–water partition coefficient (Wildman–Crippen LogP) is 2.11. The van der Waals surface area contributed by atoms with Crippen LogP contribution in [0.15, 0.2) is 0 Å². The number of nitrogens with zero attached hydrogens (tertiary/aromatic N) is 1. The quantitative estimate of drug-likeness (QED) is 0.757. The molecule has 0 amide bonds. The van der Waals surface area contributed by atoms with Crippen molar-refractivity contribution in [3.05, 3.63) is 0 Å². The van der Waals surface area contributed by atoms with E-state index in [1.165, 1.54) is 32.1 Å². The number of hydrogen-bond acceptors (Lipinski definition) is 2. The Kier molecular flexibility index (Phi) is 3.29. The predicted molar refractivity (Wildman–Crippen MR) is 58.8 cm³/mol. The van der Waals surface area contributed by atoms with Gasteiger partial charge in [-0.1, -0.05) is 13.3 Å². The second-order valence-corrected chi connectivity index (χ2v) is 5.09. The first-order valence-electron chi connectivity index (χ1n) is 6.16. The molecule has 0 heterocycles. The standard InChI is InChI=1S/C12H21NO2/c1-9-3-2-4-11(9)13(10-5-6-10)8-7-12(14)15/h9-11H,2-8H2,1H3,(H,14,15). The maximum Gasteiger partial charge on any atom is 0.304 e. The average Bonchev–Trinajstić information content (AvgIpc) is 2.92. The highest BCUT2D eigenvalue weighted by molar-refractivity contribution is 5.66. The van der Waals surface area contributed by atoms with Gasteiger partial charge in [0.25, 0.3) is 0 Å². The third-order valence-corrected chi connectivity index (χ3v) is 3.84. The molecule has 0 aromatic rings. The lowest BCUT2D eigenvalue weighted by Gasteiger charge is -2.31.